The van der Waals surface area contributed by atoms with E-state index >= 15 is 0 Å². The maximum Gasteiger partial charge on any atom is 0.433 e. The lowest BCUT2D eigenvalue weighted by Gasteiger charge is -2.26. The summed E-state index contributed by atoms with van der Waals surface area (Å²) in [7, 11) is 1.30. The molecule has 1 N–H and O–H groups in total. The number of nitrogens with zero attached hydrogens (tertiary/aromatic N) is 2. The minimum atomic E-state index is -4.57. The molecule has 0 saturated carbocycles. The number of hydrogen-bond acceptors (Lipinski definition) is 4. The number of ether oxygens (including phenoxy) is 1. The average molecular weight is 295 g/mol. The average Bonchev–Trinajstić information content (AvgIpc) is 2.44. The molecule has 1 aliphatic rings. The molecule has 1 aromatic carbocycles. The summed E-state index contributed by atoms with van der Waals surface area (Å²) in [5.74, 6) is -0.0841. The van der Waals surface area contributed by atoms with Crippen LogP contribution in [0.4, 0.5) is 18.9 Å². The number of para-hydroxylation sites is 1. The van der Waals surface area contributed by atoms with Gasteiger partial charge < -0.3 is 10.1 Å². The number of benzene rings is 1. The molecule has 0 aliphatic carbocycles. The van der Waals surface area contributed by atoms with Crippen molar-refractivity contribution in [3.8, 4) is 5.88 Å². The zero-order valence-corrected chi connectivity index (χ0v) is 11.3. The molecule has 0 radical (unpaired) electrons. The first kappa shape index (κ1) is 13.7. The van der Waals surface area contributed by atoms with E-state index in [0.717, 1.165) is 0 Å². The Morgan fingerprint density at radius 1 is 1.24 bits per heavy atom. The van der Waals surface area contributed by atoms with Crippen molar-refractivity contribution >= 4 is 22.3 Å². The first-order chi connectivity index (χ1) is 9.91. The van der Waals surface area contributed by atoms with Crippen molar-refractivity contribution in [2.75, 3.05) is 12.4 Å². The van der Waals surface area contributed by atoms with Gasteiger partial charge in [-0.05, 0) is 13.0 Å². The minimum Gasteiger partial charge on any atom is -0.480 e. The van der Waals surface area contributed by atoms with Crippen LogP contribution in [0.25, 0.3) is 10.9 Å². The zero-order chi connectivity index (χ0) is 15.2. The lowest BCUT2D eigenvalue weighted by atomic mass is 10.0. The second kappa shape index (κ2) is 4.61. The number of methoxy groups -OCH3 is 1. The molecule has 110 valence electrons. The highest BCUT2D eigenvalue weighted by Gasteiger charge is 2.42. The first-order valence-corrected chi connectivity index (χ1v) is 6.30. The number of alkyl halides is 3. The molecule has 0 amide bonds. The highest BCUT2D eigenvalue weighted by atomic mass is 19.4. The second-order valence-corrected chi connectivity index (χ2v) is 4.68. The third-order valence-corrected chi connectivity index (χ3v) is 3.23. The Kier molecular flexibility index (Phi) is 3.00. The molecule has 0 bridgehead atoms. The quantitative estimate of drug-likeness (QED) is 0.877. The van der Waals surface area contributed by atoms with Gasteiger partial charge in [-0.2, -0.15) is 13.2 Å². The Labute approximate surface area is 118 Å². The Morgan fingerprint density at radius 2 is 1.95 bits per heavy atom. The normalized spacial score (nSPS) is 18.0. The predicted octanol–water partition coefficient (Wildman–Crippen LogP) is 3.37. The van der Waals surface area contributed by atoms with Gasteiger partial charge in [0.15, 0.2) is 5.71 Å². The molecular formula is C14H12F3N3O. The number of aromatic nitrogens is 1. The molecule has 7 heteroatoms. The van der Waals surface area contributed by atoms with Gasteiger partial charge in [0.1, 0.15) is 6.17 Å². The van der Waals surface area contributed by atoms with Crippen molar-refractivity contribution in [2.45, 2.75) is 19.3 Å². The third-order valence-electron chi connectivity index (χ3n) is 3.23. The summed E-state index contributed by atoms with van der Waals surface area (Å²) in [6.45, 7) is 1.57. The van der Waals surface area contributed by atoms with Crippen LogP contribution in [-0.2, 0) is 0 Å². The molecule has 2 heterocycles. The van der Waals surface area contributed by atoms with Gasteiger partial charge in [-0.3, -0.25) is 4.99 Å². The number of rotatable bonds is 1. The van der Waals surface area contributed by atoms with Crippen molar-refractivity contribution in [3.05, 3.63) is 29.8 Å². The van der Waals surface area contributed by atoms with Crippen LogP contribution in [0.2, 0.25) is 0 Å². The lowest BCUT2D eigenvalue weighted by Crippen LogP contribution is -2.33. The van der Waals surface area contributed by atoms with Gasteiger partial charge in [0.25, 0.3) is 0 Å². The van der Waals surface area contributed by atoms with E-state index in [4.69, 9.17) is 4.74 Å². The molecule has 3 rings (SSSR count). The highest BCUT2D eigenvalue weighted by molar-refractivity contribution is 6.16. The number of halogens is 3. The maximum atomic E-state index is 13.3. The van der Waals surface area contributed by atoms with Gasteiger partial charge in [-0.1, -0.05) is 18.2 Å². The van der Waals surface area contributed by atoms with Crippen LogP contribution in [0.15, 0.2) is 29.3 Å². The van der Waals surface area contributed by atoms with E-state index in [1.54, 1.807) is 31.2 Å². The fourth-order valence-electron chi connectivity index (χ4n) is 2.42. The zero-order valence-electron chi connectivity index (χ0n) is 11.3. The van der Waals surface area contributed by atoms with E-state index in [1.807, 2.05) is 0 Å². The predicted molar refractivity (Wildman–Crippen MR) is 74.0 cm³/mol. The Morgan fingerprint density at radius 3 is 2.62 bits per heavy atom. The van der Waals surface area contributed by atoms with Crippen LogP contribution < -0.4 is 10.1 Å². The molecule has 4 nitrogen and oxygen atoms in total. The topological polar surface area (TPSA) is 46.5 Å². The number of fused-ring (bicyclic) bond motifs is 3. The van der Waals surface area contributed by atoms with E-state index in [1.165, 1.54) is 7.11 Å². The molecule has 21 heavy (non-hydrogen) atoms. The van der Waals surface area contributed by atoms with E-state index in [-0.39, 0.29) is 11.4 Å². The van der Waals surface area contributed by atoms with Gasteiger partial charge in [0.2, 0.25) is 5.88 Å². The Bertz CT molecular complexity index is 740. The van der Waals surface area contributed by atoms with Crippen LogP contribution in [0.3, 0.4) is 0 Å². The second-order valence-electron chi connectivity index (χ2n) is 4.68. The summed E-state index contributed by atoms with van der Waals surface area (Å²) in [5, 5.41) is 3.58. The summed E-state index contributed by atoms with van der Waals surface area (Å²) in [6.07, 6.45) is -5.24. The standard InChI is InChI=1S/C14H12F3N3O/c1-7-18-11-8-5-3-4-6-9(8)20-13(21-2)10(11)12(19-7)14(15,16)17/h3-7,18H,1-2H3. The summed E-state index contributed by atoms with van der Waals surface area (Å²) in [5.41, 5.74) is -0.177. The van der Waals surface area contributed by atoms with Crippen molar-refractivity contribution < 1.29 is 17.9 Å². The van der Waals surface area contributed by atoms with Gasteiger partial charge in [-0.25, -0.2) is 4.98 Å². The van der Waals surface area contributed by atoms with Crippen molar-refractivity contribution in [2.24, 2.45) is 4.99 Å². The monoisotopic (exact) mass is 295 g/mol. The smallest absolute Gasteiger partial charge is 0.433 e. The fourth-order valence-corrected chi connectivity index (χ4v) is 2.42. The van der Waals surface area contributed by atoms with Gasteiger partial charge in [0, 0.05) is 5.39 Å². The molecular weight excluding hydrogens is 283 g/mol. The Balaban J connectivity index is 2.39. The largest absolute Gasteiger partial charge is 0.480 e. The minimum absolute atomic E-state index is 0.0841. The third kappa shape index (κ3) is 2.18. The summed E-state index contributed by atoms with van der Waals surface area (Å²) in [4.78, 5) is 7.82. The van der Waals surface area contributed by atoms with Gasteiger partial charge >= 0.3 is 6.18 Å². The number of hydrogen-bond donors (Lipinski definition) is 1. The van der Waals surface area contributed by atoms with E-state index in [2.05, 4.69) is 15.3 Å². The fraction of sp³-hybridized carbons (Fsp3) is 0.286. The molecule has 0 saturated heterocycles. The van der Waals surface area contributed by atoms with E-state index < -0.39 is 18.1 Å². The molecule has 2 aromatic rings. The van der Waals surface area contributed by atoms with Crippen LogP contribution in [-0.4, -0.2) is 30.1 Å². The lowest BCUT2D eigenvalue weighted by molar-refractivity contribution is -0.0585. The van der Waals surface area contributed by atoms with E-state index in [9.17, 15) is 13.2 Å². The summed E-state index contributed by atoms with van der Waals surface area (Å²) >= 11 is 0. The van der Waals surface area contributed by atoms with Crippen LogP contribution in [0, 0.1) is 0 Å². The van der Waals surface area contributed by atoms with Crippen LogP contribution in [0.1, 0.15) is 12.5 Å². The van der Waals surface area contributed by atoms with E-state index in [0.29, 0.717) is 16.6 Å². The van der Waals surface area contributed by atoms with Crippen LogP contribution in [0.5, 0.6) is 5.88 Å². The van der Waals surface area contributed by atoms with Crippen molar-refractivity contribution in [1.82, 2.24) is 4.98 Å². The molecule has 1 aromatic heterocycles. The molecule has 1 aliphatic heterocycles. The number of anilines is 1. The van der Waals surface area contributed by atoms with Crippen LogP contribution >= 0.6 is 0 Å². The molecule has 1 atom stereocenters. The summed E-state index contributed by atoms with van der Waals surface area (Å²) in [6, 6.07) is 6.97. The molecule has 1 unspecified atom stereocenters. The Hall–Kier alpha value is -2.31. The summed E-state index contributed by atoms with van der Waals surface area (Å²) < 4.78 is 44.9. The van der Waals surface area contributed by atoms with Gasteiger partial charge in [0.05, 0.1) is 23.9 Å². The first-order valence-electron chi connectivity index (χ1n) is 6.30. The van der Waals surface area contributed by atoms with Crippen molar-refractivity contribution in [1.29, 1.82) is 0 Å². The molecule has 0 spiro atoms. The maximum absolute atomic E-state index is 13.3. The number of aliphatic imine (C=N–C) groups is 1. The van der Waals surface area contributed by atoms with Crippen molar-refractivity contribution in [3.63, 3.8) is 0 Å². The SMILES string of the molecule is COc1nc2ccccc2c2c1C(C(F)(F)F)=NC(C)N2. The highest BCUT2D eigenvalue weighted by Crippen LogP contribution is 2.39. The number of nitrogens with one attached hydrogen (secondary N) is 1. The number of pyridine rings is 1. The van der Waals surface area contributed by atoms with Gasteiger partial charge in [-0.15, -0.1) is 0 Å². The molecule has 0 fully saturated rings.